The first-order valence-electron chi connectivity index (χ1n) is 5.63. The van der Waals surface area contributed by atoms with Crippen molar-refractivity contribution in [3.8, 4) is 0 Å². The van der Waals surface area contributed by atoms with Gasteiger partial charge >= 0.3 is 0 Å². The first-order chi connectivity index (χ1) is 7.79. The minimum atomic E-state index is 0.0921. The maximum Gasteiger partial charge on any atom is 0.0697 e. The highest BCUT2D eigenvalue weighted by Gasteiger charge is 2.19. The van der Waals surface area contributed by atoms with E-state index >= 15 is 0 Å². The number of rotatable bonds is 5. The summed E-state index contributed by atoms with van der Waals surface area (Å²) >= 11 is 0. The Morgan fingerprint density at radius 2 is 2.31 bits per heavy atom. The zero-order chi connectivity index (χ0) is 11.4. The Hall–Kier alpha value is -1.26. The number of benzene rings is 1. The molecule has 1 aromatic carbocycles. The predicted molar refractivity (Wildman–Crippen MR) is 64.5 cm³/mol. The maximum atomic E-state index is 8.58. The van der Waals surface area contributed by atoms with Crippen LogP contribution >= 0.6 is 0 Å². The molecule has 4 nitrogen and oxygen atoms in total. The molecular formula is C12H18N2O2. The Morgan fingerprint density at radius 3 is 3.12 bits per heavy atom. The molecule has 4 heteroatoms. The Kier molecular flexibility index (Phi) is 3.64. The number of fused-ring (bicyclic) bond motifs is 1. The van der Waals surface area contributed by atoms with Crippen molar-refractivity contribution < 1.29 is 9.84 Å². The number of anilines is 2. The summed E-state index contributed by atoms with van der Waals surface area (Å²) in [6.45, 7) is 1.20. The average Bonchev–Trinajstić information content (AvgIpc) is 2.66. The van der Waals surface area contributed by atoms with E-state index in [9.17, 15) is 0 Å². The highest BCUT2D eigenvalue weighted by molar-refractivity contribution is 5.62. The van der Waals surface area contributed by atoms with Crippen LogP contribution in [0.25, 0.3) is 0 Å². The van der Waals surface area contributed by atoms with Crippen LogP contribution in [0.15, 0.2) is 18.2 Å². The Labute approximate surface area is 95.4 Å². The van der Waals surface area contributed by atoms with Crippen molar-refractivity contribution in [1.29, 1.82) is 0 Å². The van der Waals surface area contributed by atoms with Crippen LogP contribution in [0.4, 0.5) is 11.4 Å². The largest absolute Gasteiger partial charge is 0.399 e. The molecule has 0 aliphatic carbocycles. The number of aliphatic hydroxyl groups excluding tert-OH is 1. The first kappa shape index (κ1) is 11.2. The van der Waals surface area contributed by atoms with Gasteiger partial charge in [0.15, 0.2) is 0 Å². The molecule has 1 aromatic rings. The van der Waals surface area contributed by atoms with Crippen LogP contribution in [-0.2, 0) is 11.2 Å². The summed E-state index contributed by atoms with van der Waals surface area (Å²) in [6, 6.07) is 6.39. The molecule has 1 atom stereocenters. The summed E-state index contributed by atoms with van der Waals surface area (Å²) < 4.78 is 5.25. The van der Waals surface area contributed by atoms with Crippen LogP contribution in [-0.4, -0.2) is 31.0 Å². The van der Waals surface area contributed by atoms with Gasteiger partial charge in [0.2, 0.25) is 0 Å². The number of nitrogens with one attached hydrogen (secondary N) is 1. The lowest BCUT2D eigenvalue weighted by Gasteiger charge is -2.10. The van der Waals surface area contributed by atoms with E-state index in [1.54, 1.807) is 0 Å². The van der Waals surface area contributed by atoms with E-state index in [1.165, 1.54) is 11.3 Å². The van der Waals surface area contributed by atoms with Gasteiger partial charge in [-0.2, -0.15) is 0 Å². The third-order valence-corrected chi connectivity index (χ3v) is 2.80. The molecule has 0 amide bonds. The molecule has 0 bridgehead atoms. The second-order valence-electron chi connectivity index (χ2n) is 4.09. The molecule has 1 aliphatic heterocycles. The van der Waals surface area contributed by atoms with Gasteiger partial charge in [0.1, 0.15) is 0 Å². The molecule has 16 heavy (non-hydrogen) atoms. The molecule has 0 radical (unpaired) electrons. The maximum absolute atomic E-state index is 8.58. The van der Waals surface area contributed by atoms with E-state index in [1.807, 2.05) is 18.2 Å². The molecule has 0 aromatic heterocycles. The summed E-state index contributed by atoms with van der Waals surface area (Å²) in [5.41, 5.74) is 9.02. The SMILES string of the molecule is Nc1ccc2c(c1)CC(CCOCCO)N2. The third-order valence-electron chi connectivity index (χ3n) is 2.80. The standard InChI is InChI=1S/C12H18N2O2/c13-10-1-2-12-9(7-10)8-11(14-12)3-5-16-6-4-15/h1-2,7,11,14-15H,3-6,8,13H2. The van der Waals surface area contributed by atoms with Gasteiger partial charge in [-0.25, -0.2) is 0 Å². The molecule has 0 spiro atoms. The molecule has 88 valence electrons. The van der Waals surface area contributed by atoms with Gasteiger partial charge in [-0.15, -0.1) is 0 Å². The predicted octanol–water partition coefficient (Wildman–Crippen LogP) is 1.00. The lowest BCUT2D eigenvalue weighted by Crippen LogP contribution is -2.18. The first-order valence-corrected chi connectivity index (χ1v) is 5.63. The minimum absolute atomic E-state index is 0.0921. The van der Waals surface area contributed by atoms with Crippen molar-refractivity contribution in [2.24, 2.45) is 0 Å². The lowest BCUT2D eigenvalue weighted by molar-refractivity contribution is 0.0888. The van der Waals surface area contributed by atoms with Crippen molar-refractivity contribution in [3.63, 3.8) is 0 Å². The van der Waals surface area contributed by atoms with Gasteiger partial charge in [0, 0.05) is 24.0 Å². The van der Waals surface area contributed by atoms with E-state index in [2.05, 4.69) is 5.32 Å². The molecule has 1 aliphatic rings. The fraction of sp³-hybridized carbons (Fsp3) is 0.500. The number of nitrogens with two attached hydrogens (primary N) is 1. The molecule has 0 fully saturated rings. The van der Waals surface area contributed by atoms with E-state index in [0.29, 0.717) is 19.3 Å². The lowest BCUT2D eigenvalue weighted by atomic mass is 10.1. The second kappa shape index (κ2) is 5.18. The number of hydrogen-bond acceptors (Lipinski definition) is 4. The number of nitrogen functional groups attached to an aromatic ring is 1. The highest BCUT2D eigenvalue weighted by atomic mass is 16.5. The van der Waals surface area contributed by atoms with Crippen molar-refractivity contribution in [1.82, 2.24) is 0 Å². The van der Waals surface area contributed by atoms with E-state index < -0.39 is 0 Å². The van der Waals surface area contributed by atoms with Gasteiger partial charge in [0.05, 0.1) is 13.2 Å². The molecule has 1 heterocycles. The average molecular weight is 222 g/mol. The van der Waals surface area contributed by atoms with E-state index in [4.69, 9.17) is 15.6 Å². The third kappa shape index (κ3) is 2.65. The fourth-order valence-corrected chi connectivity index (χ4v) is 2.03. The fourth-order valence-electron chi connectivity index (χ4n) is 2.03. The molecule has 4 N–H and O–H groups in total. The van der Waals surface area contributed by atoms with Gasteiger partial charge in [-0.3, -0.25) is 0 Å². The summed E-state index contributed by atoms with van der Waals surface area (Å²) in [5, 5.41) is 12.0. The molecule has 0 saturated carbocycles. The molecule has 0 saturated heterocycles. The summed E-state index contributed by atoms with van der Waals surface area (Å²) in [4.78, 5) is 0. The Bertz CT molecular complexity index is 355. The quantitative estimate of drug-likeness (QED) is 0.513. The monoisotopic (exact) mass is 222 g/mol. The van der Waals surface area contributed by atoms with Crippen LogP contribution < -0.4 is 11.1 Å². The number of ether oxygens (including phenoxy) is 1. The van der Waals surface area contributed by atoms with Gasteiger partial charge in [-0.1, -0.05) is 0 Å². The van der Waals surface area contributed by atoms with Crippen LogP contribution in [0.3, 0.4) is 0 Å². The van der Waals surface area contributed by atoms with Crippen molar-refractivity contribution >= 4 is 11.4 Å². The van der Waals surface area contributed by atoms with Crippen molar-refractivity contribution in [2.75, 3.05) is 30.9 Å². The second-order valence-corrected chi connectivity index (χ2v) is 4.09. The molecular weight excluding hydrogens is 204 g/mol. The van der Waals surface area contributed by atoms with E-state index in [0.717, 1.165) is 18.5 Å². The van der Waals surface area contributed by atoms with E-state index in [-0.39, 0.29) is 6.61 Å². The van der Waals surface area contributed by atoms with Crippen LogP contribution in [0.5, 0.6) is 0 Å². The zero-order valence-electron chi connectivity index (χ0n) is 9.28. The van der Waals surface area contributed by atoms with Gasteiger partial charge < -0.3 is 20.9 Å². The summed E-state index contributed by atoms with van der Waals surface area (Å²) in [6.07, 6.45) is 1.96. The van der Waals surface area contributed by atoms with Gasteiger partial charge in [-0.05, 0) is 36.6 Å². The minimum Gasteiger partial charge on any atom is -0.399 e. The molecule has 1 unspecified atom stereocenters. The summed E-state index contributed by atoms with van der Waals surface area (Å²) in [7, 11) is 0. The smallest absolute Gasteiger partial charge is 0.0697 e. The number of aliphatic hydroxyl groups is 1. The Morgan fingerprint density at radius 1 is 1.44 bits per heavy atom. The highest BCUT2D eigenvalue weighted by Crippen LogP contribution is 2.28. The topological polar surface area (TPSA) is 67.5 Å². The van der Waals surface area contributed by atoms with Crippen LogP contribution in [0.2, 0.25) is 0 Å². The van der Waals surface area contributed by atoms with Gasteiger partial charge in [0.25, 0.3) is 0 Å². The van der Waals surface area contributed by atoms with Crippen molar-refractivity contribution in [2.45, 2.75) is 18.9 Å². The zero-order valence-corrected chi connectivity index (χ0v) is 9.28. The molecule has 2 rings (SSSR count). The van der Waals surface area contributed by atoms with Crippen LogP contribution in [0.1, 0.15) is 12.0 Å². The normalized spacial score (nSPS) is 18.2. The Balaban J connectivity index is 1.81. The van der Waals surface area contributed by atoms with Crippen molar-refractivity contribution in [3.05, 3.63) is 23.8 Å². The summed E-state index contributed by atoms with van der Waals surface area (Å²) in [5.74, 6) is 0. The van der Waals surface area contributed by atoms with Crippen LogP contribution in [0, 0.1) is 0 Å². The number of hydrogen-bond donors (Lipinski definition) is 3.